The van der Waals surface area contributed by atoms with Gasteiger partial charge in [0.15, 0.2) is 0 Å². The first-order valence-electron chi connectivity index (χ1n) is 7.21. The predicted octanol–water partition coefficient (Wildman–Crippen LogP) is 2.89. The van der Waals surface area contributed by atoms with Gasteiger partial charge in [0.2, 0.25) is 5.91 Å². The molecule has 1 aliphatic heterocycles. The van der Waals surface area contributed by atoms with E-state index >= 15 is 0 Å². The van der Waals surface area contributed by atoms with E-state index in [1.165, 1.54) is 19.1 Å². The van der Waals surface area contributed by atoms with Crippen molar-refractivity contribution < 1.29 is 17.9 Å². The number of nitrogens with zero attached hydrogens (tertiary/aromatic N) is 1. The first-order valence-corrected chi connectivity index (χ1v) is 9.07. The van der Waals surface area contributed by atoms with Crippen LogP contribution in [0.3, 0.4) is 0 Å². The average molecular weight is 367 g/mol. The molecule has 1 N–H and O–H groups in total. The molecule has 6 nitrogen and oxygen atoms in total. The predicted molar refractivity (Wildman–Crippen MR) is 92.2 cm³/mol. The van der Waals surface area contributed by atoms with Crippen molar-refractivity contribution in [1.82, 2.24) is 0 Å². The summed E-state index contributed by atoms with van der Waals surface area (Å²) in [5, 5.41) is 0.136. The lowest BCUT2D eigenvalue weighted by Crippen LogP contribution is -2.36. The molecule has 0 radical (unpaired) electrons. The minimum atomic E-state index is -3.83. The number of sulfonamides is 1. The van der Waals surface area contributed by atoms with E-state index < -0.39 is 10.0 Å². The number of amides is 1. The quantitative estimate of drug-likeness (QED) is 0.906. The number of anilines is 2. The number of carbonyl (C=O) groups is 1. The summed E-state index contributed by atoms with van der Waals surface area (Å²) in [4.78, 5) is 13.3. The van der Waals surface area contributed by atoms with Crippen LogP contribution < -0.4 is 14.4 Å². The van der Waals surface area contributed by atoms with Gasteiger partial charge in [-0.25, -0.2) is 8.42 Å². The molecule has 126 valence electrons. The molecule has 0 aliphatic carbocycles. The van der Waals surface area contributed by atoms with Gasteiger partial charge in [0.1, 0.15) is 17.3 Å². The lowest BCUT2D eigenvalue weighted by atomic mass is 10.2. The first-order chi connectivity index (χ1) is 11.4. The molecule has 1 aliphatic rings. The maximum atomic E-state index is 12.5. The maximum absolute atomic E-state index is 12.5. The molecule has 2 aromatic rings. The molecule has 0 atom stereocenters. The van der Waals surface area contributed by atoms with Crippen LogP contribution in [0.15, 0.2) is 47.4 Å². The van der Waals surface area contributed by atoms with Gasteiger partial charge in [-0.3, -0.25) is 9.52 Å². The third-order valence-electron chi connectivity index (χ3n) is 3.58. The number of hydrogen-bond acceptors (Lipinski definition) is 4. The summed E-state index contributed by atoms with van der Waals surface area (Å²) in [6.45, 7) is 2.27. The Morgan fingerprint density at radius 3 is 2.71 bits per heavy atom. The molecular weight excluding hydrogens is 352 g/mol. The van der Waals surface area contributed by atoms with Crippen LogP contribution in [0.4, 0.5) is 11.4 Å². The van der Waals surface area contributed by atoms with Crippen molar-refractivity contribution in [2.45, 2.75) is 11.8 Å². The number of hydrogen-bond donors (Lipinski definition) is 1. The van der Waals surface area contributed by atoms with Crippen molar-refractivity contribution >= 4 is 38.9 Å². The highest BCUT2D eigenvalue weighted by Gasteiger charge is 2.23. The summed E-state index contributed by atoms with van der Waals surface area (Å²) in [5.74, 6) is 0.405. The van der Waals surface area contributed by atoms with Gasteiger partial charge in [-0.15, -0.1) is 0 Å². The number of fused-ring (bicyclic) bond motifs is 1. The Morgan fingerprint density at radius 2 is 2.00 bits per heavy atom. The summed E-state index contributed by atoms with van der Waals surface area (Å²) < 4.78 is 33.0. The van der Waals surface area contributed by atoms with E-state index in [1.54, 1.807) is 35.2 Å². The highest BCUT2D eigenvalue weighted by Crippen LogP contribution is 2.35. The summed E-state index contributed by atoms with van der Waals surface area (Å²) in [6, 6.07) is 11.0. The van der Waals surface area contributed by atoms with Crippen molar-refractivity contribution in [3.63, 3.8) is 0 Å². The molecule has 24 heavy (non-hydrogen) atoms. The second-order valence-corrected chi connectivity index (χ2v) is 7.30. The standard InChI is InChI=1S/C16H15ClN2O4S/c1-11(20)19-8-9-23-15-7-6-12(10-14(15)19)18-24(21,22)16-5-3-2-4-13(16)17/h2-7,10,18H,8-9H2,1H3. The minimum absolute atomic E-state index is 0.0101. The largest absolute Gasteiger partial charge is 0.490 e. The average Bonchev–Trinajstić information content (AvgIpc) is 2.54. The fraction of sp³-hybridized carbons (Fsp3) is 0.188. The summed E-state index contributed by atoms with van der Waals surface area (Å²) in [7, 11) is -3.83. The van der Waals surface area contributed by atoms with Crippen LogP contribution >= 0.6 is 11.6 Å². The molecule has 0 saturated carbocycles. The lowest BCUT2D eigenvalue weighted by molar-refractivity contribution is -0.116. The van der Waals surface area contributed by atoms with Crippen LogP contribution in [0.5, 0.6) is 5.75 Å². The highest BCUT2D eigenvalue weighted by molar-refractivity contribution is 7.92. The number of halogens is 1. The SMILES string of the molecule is CC(=O)N1CCOc2ccc(NS(=O)(=O)c3ccccc3Cl)cc21. The Morgan fingerprint density at radius 1 is 1.25 bits per heavy atom. The van der Waals surface area contributed by atoms with Crippen LogP contribution in [0.1, 0.15) is 6.92 Å². The molecular formula is C16H15ClN2O4S. The van der Waals surface area contributed by atoms with E-state index in [2.05, 4.69) is 4.72 Å². The summed E-state index contributed by atoms with van der Waals surface area (Å²) in [5.41, 5.74) is 0.860. The van der Waals surface area contributed by atoms with E-state index in [0.717, 1.165) is 0 Å². The smallest absolute Gasteiger partial charge is 0.263 e. The van der Waals surface area contributed by atoms with Gasteiger partial charge in [0.05, 0.1) is 22.9 Å². The monoisotopic (exact) mass is 366 g/mol. The molecule has 2 aromatic carbocycles. The zero-order valence-corrected chi connectivity index (χ0v) is 14.4. The molecule has 0 unspecified atom stereocenters. The van der Waals surface area contributed by atoms with Gasteiger partial charge >= 0.3 is 0 Å². The second-order valence-electron chi connectivity index (χ2n) is 5.24. The van der Waals surface area contributed by atoms with E-state index in [1.807, 2.05) is 0 Å². The first kappa shape index (κ1) is 16.6. The summed E-state index contributed by atoms with van der Waals surface area (Å²) >= 11 is 5.96. The molecule has 0 saturated heterocycles. The molecule has 1 heterocycles. The molecule has 8 heteroatoms. The van der Waals surface area contributed by atoms with Gasteiger partial charge in [-0.1, -0.05) is 23.7 Å². The number of carbonyl (C=O) groups excluding carboxylic acids is 1. The number of rotatable bonds is 3. The summed E-state index contributed by atoms with van der Waals surface area (Å²) in [6.07, 6.45) is 0. The Labute approximate surface area is 145 Å². The van der Waals surface area contributed by atoms with Crippen molar-refractivity contribution in [1.29, 1.82) is 0 Å². The third-order valence-corrected chi connectivity index (χ3v) is 5.46. The van der Waals surface area contributed by atoms with E-state index in [-0.39, 0.29) is 15.8 Å². The van der Waals surface area contributed by atoms with Crippen molar-refractivity contribution in [3.05, 3.63) is 47.5 Å². The van der Waals surface area contributed by atoms with Gasteiger partial charge in [-0.2, -0.15) is 0 Å². The van der Waals surface area contributed by atoms with Crippen molar-refractivity contribution in [2.75, 3.05) is 22.8 Å². The zero-order chi connectivity index (χ0) is 17.3. The van der Waals surface area contributed by atoms with Crippen LogP contribution in [0.25, 0.3) is 0 Å². The Balaban J connectivity index is 1.96. The van der Waals surface area contributed by atoms with Crippen LogP contribution in [0.2, 0.25) is 5.02 Å². The van der Waals surface area contributed by atoms with E-state index in [4.69, 9.17) is 16.3 Å². The second kappa shape index (κ2) is 6.33. The zero-order valence-electron chi connectivity index (χ0n) is 12.8. The van der Waals surface area contributed by atoms with Gasteiger partial charge in [0.25, 0.3) is 10.0 Å². The van der Waals surface area contributed by atoms with Crippen LogP contribution in [0, 0.1) is 0 Å². The molecule has 0 fully saturated rings. The molecule has 3 rings (SSSR count). The van der Waals surface area contributed by atoms with E-state index in [9.17, 15) is 13.2 Å². The maximum Gasteiger partial charge on any atom is 0.263 e. The van der Waals surface area contributed by atoms with Crippen LogP contribution in [-0.4, -0.2) is 27.5 Å². The van der Waals surface area contributed by atoms with Gasteiger partial charge in [-0.05, 0) is 30.3 Å². The Hall–Kier alpha value is -2.25. The molecule has 0 aromatic heterocycles. The van der Waals surface area contributed by atoms with Crippen molar-refractivity contribution in [3.8, 4) is 5.75 Å². The molecule has 0 spiro atoms. The van der Waals surface area contributed by atoms with Gasteiger partial charge in [0, 0.05) is 6.92 Å². The normalized spacial score (nSPS) is 13.8. The van der Waals surface area contributed by atoms with Gasteiger partial charge < -0.3 is 9.64 Å². The highest BCUT2D eigenvalue weighted by atomic mass is 35.5. The number of nitrogens with one attached hydrogen (secondary N) is 1. The Kier molecular flexibility index (Phi) is 4.38. The van der Waals surface area contributed by atoms with Crippen LogP contribution in [-0.2, 0) is 14.8 Å². The fourth-order valence-corrected chi connectivity index (χ4v) is 4.05. The molecule has 1 amide bonds. The Bertz CT molecular complexity index is 899. The third kappa shape index (κ3) is 3.18. The molecule has 0 bridgehead atoms. The topological polar surface area (TPSA) is 75.7 Å². The fourth-order valence-electron chi connectivity index (χ4n) is 2.48. The van der Waals surface area contributed by atoms with E-state index in [0.29, 0.717) is 30.3 Å². The van der Waals surface area contributed by atoms with Crippen molar-refractivity contribution in [2.24, 2.45) is 0 Å². The lowest BCUT2D eigenvalue weighted by Gasteiger charge is -2.29. The number of ether oxygens (including phenoxy) is 1. The number of benzene rings is 2. The minimum Gasteiger partial charge on any atom is -0.490 e.